The van der Waals surface area contributed by atoms with Crippen molar-refractivity contribution in [3.8, 4) is 0 Å². The molecule has 0 bridgehead atoms. The van der Waals surface area contributed by atoms with Gasteiger partial charge in [-0.05, 0) is 19.3 Å². The Morgan fingerprint density at radius 2 is 1.33 bits per heavy atom. The van der Waals surface area contributed by atoms with Gasteiger partial charge < -0.3 is 0 Å². The molecule has 0 amide bonds. The highest BCUT2D eigenvalue weighted by molar-refractivity contribution is 4.86. The third-order valence-corrected chi connectivity index (χ3v) is 2.11. The van der Waals surface area contributed by atoms with Gasteiger partial charge in [0.2, 0.25) is 0 Å². The highest BCUT2D eigenvalue weighted by Crippen LogP contribution is 2.28. The van der Waals surface area contributed by atoms with Gasteiger partial charge in [0.25, 0.3) is 0 Å². The molecule has 9 heavy (non-hydrogen) atoms. The molecule has 0 aromatic carbocycles. The lowest BCUT2D eigenvalue weighted by atomic mass is 9.77. The molecule has 0 aromatic rings. The first kappa shape index (κ1) is 8.89. The molecule has 2 heteroatoms. The van der Waals surface area contributed by atoms with E-state index in [0.717, 1.165) is 0 Å². The van der Waals surface area contributed by atoms with Crippen LogP contribution < -0.4 is 5.54 Å². The Morgan fingerprint density at radius 3 is 1.33 bits per heavy atom. The minimum absolute atomic E-state index is 0.0399. The summed E-state index contributed by atoms with van der Waals surface area (Å²) in [5, 5.41) is 0. The van der Waals surface area contributed by atoms with Crippen molar-refractivity contribution in [2.75, 3.05) is 0 Å². The summed E-state index contributed by atoms with van der Waals surface area (Å²) in [5.74, 6) is 0. The van der Waals surface area contributed by atoms with Crippen LogP contribution in [0, 0.1) is 5.41 Å². The van der Waals surface area contributed by atoms with Crippen LogP contribution in [0.1, 0.15) is 34.6 Å². The van der Waals surface area contributed by atoms with Crippen molar-refractivity contribution < 1.29 is 4.48 Å². The van der Waals surface area contributed by atoms with Crippen LogP contribution in [0.2, 0.25) is 0 Å². The minimum Gasteiger partial charge on any atom is -0.153 e. The molecular weight excluding hydrogens is 117 g/mol. The maximum atomic E-state index is 12.0. The zero-order valence-corrected chi connectivity index (χ0v) is 6.88. The Balaban J connectivity index is 4.14. The first-order valence-corrected chi connectivity index (χ1v) is 3.19. The van der Waals surface area contributed by atoms with E-state index in [2.05, 4.69) is 0 Å². The predicted octanol–water partition coefficient (Wildman–Crippen LogP) is 2.29. The summed E-state index contributed by atoms with van der Waals surface area (Å²) in [4.78, 5) is 0. The summed E-state index contributed by atoms with van der Waals surface area (Å²) in [5.41, 5.74) is 1.30. The summed E-state index contributed by atoms with van der Waals surface area (Å²) in [7, 11) is 0. The van der Waals surface area contributed by atoms with E-state index in [-0.39, 0.29) is 5.41 Å². The van der Waals surface area contributed by atoms with E-state index in [4.69, 9.17) is 0 Å². The van der Waals surface area contributed by atoms with Gasteiger partial charge in [-0.15, -0.1) is 4.48 Å². The fourth-order valence-corrected chi connectivity index (χ4v) is 0.142. The third-order valence-electron chi connectivity index (χ3n) is 2.11. The van der Waals surface area contributed by atoms with Crippen LogP contribution in [0.3, 0.4) is 0 Å². The molecule has 0 saturated heterocycles. The second kappa shape index (κ2) is 2.25. The number of nitrogens with one attached hydrogen (secondary N) is 1. The molecule has 0 aromatic heterocycles. The largest absolute Gasteiger partial charge is 0.153 e. The molecular formula is C7H16FN. The van der Waals surface area contributed by atoms with E-state index in [1.165, 1.54) is 0 Å². The zero-order chi connectivity index (χ0) is 7.71. The number of rotatable bonds is 1. The van der Waals surface area contributed by atoms with Crippen LogP contribution in [0.5, 0.6) is 0 Å². The smallest absolute Gasteiger partial charge is 0.0474 e. The van der Waals surface area contributed by atoms with Crippen LogP contribution in [0.25, 0.3) is 0 Å². The van der Waals surface area contributed by atoms with Gasteiger partial charge in [0.15, 0.2) is 0 Å². The molecule has 0 unspecified atom stereocenters. The SMILES string of the molecule is CC(C)(C)C(C)(C)NF. The van der Waals surface area contributed by atoms with Gasteiger partial charge in [-0.2, -0.15) is 5.54 Å². The molecule has 0 heterocycles. The summed E-state index contributed by atoms with van der Waals surface area (Å²) in [6, 6.07) is 0. The van der Waals surface area contributed by atoms with Crippen LogP contribution in [-0.4, -0.2) is 5.54 Å². The van der Waals surface area contributed by atoms with Crippen LogP contribution >= 0.6 is 0 Å². The lowest BCUT2D eigenvalue weighted by Crippen LogP contribution is -2.46. The first-order chi connectivity index (χ1) is 3.81. The van der Waals surface area contributed by atoms with Crippen molar-refractivity contribution in [3.63, 3.8) is 0 Å². The molecule has 1 nitrogen and oxygen atoms in total. The number of hydrogen-bond donors (Lipinski definition) is 1. The van der Waals surface area contributed by atoms with Crippen molar-refractivity contribution in [1.29, 1.82) is 0 Å². The van der Waals surface area contributed by atoms with Gasteiger partial charge in [-0.1, -0.05) is 20.8 Å². The van der Waals surface area contributed by atoms with E-state index in [9.17, 15) is 4.48 Å². The standard InChI is InChI=1S/C7H16FN/c1-6(2,3)7(4,5)9-8/h9H,1-5H3. The Hall–Kier alpha value is -0.110. The van der Waals surface area contributed by atoms with Crippen LogP contribution in [0.4, 0.5) is 4.48 Å². The Kier molecular flexibility index (Phi) is 2.23. The summed E-state index contributed by atoms with van der Waals surface area (Å²) in [6.07, 6.45) is 0. The summed E-state index contributed by atoms with van der Waals surface area (Å²) in [6.45, 7) is 9.68. The predicted molar refractivity (Wildman–Crippen MR) is 37.8 cm³/mol. The Morgan fingerprint density at radius 1 is 1.00 bits per heavy atom. The molecule has 0 aliphatic rings. The molecule has 0 fully saturated rings. The van der Waals surface area contributed by atoms with Crippen molar-refractivity contribution in [3.05, 3.63) is 0 Å². The third kappa shape index (κ3) is 1.94. The van der Waals surface area contributed by atoms with Gasteiger partial charge in [-0.3, -0.25) is 0 Å². The maximum Gasteiger partial charge on any atom is 0.0474 e. The van der Waals surface area contributed by atoms with Gasteiger partial charge in [0.05, 0.1) is 0 Å². The topological polar surface area (TPSA) is 12.0 Å². The highest BCUT2D eigenvalue weighted by atomic mass is 19.2. The van der Waals surface area contributed by atoms with E-state index >= 15 is 0 Å². The molecule has 0 spiro atoms. The monoisotopic (exact) mass is 133 g/mol. The highest BCUT2D eigenvalue weighted by Gasteiger charge is 2.32. The van der Waals surface area contributed by atoms with Crippen molar-refractivity contribution in [2.24, 2.45) is 5.41 Å². The van der Waals surface area contributed by atoms with E-state index < -0.39 is 5.54 Å². The molecule has 0 saturated carbocycles. The van der Waals surface area contributed by atoms with Gasteiger partial charge >= 0.3 is 0 Å². The van der Waals surface area contributed by atoms with Gasteiger partial charge in [0.1, 0.15) is 0 Å². The van der Waals surface area contributed by atoms with Gasteiger partial charge in [-0.25, -0.2) is 0 Å². The van der Waals surface area contributed by atoms with Crippen molar-refractivity contribution in [2.45, 2.75) is 40.2 Å². The fraction of sp³-hybridized carbons (Fsp3) is 1.00. The minimum atomic E-state index is -0.438. The maximum absolute atomic E-state index is 12.0. The van der Waals surface area contributed by atoms with Crippen molar-refractivity contribution in [1.82, 2.24) is 5.54 Å². The molecule has 1 N–H and O–H groups in total. The molecule has 0 aliphatic heterocycles. The molecule has 0 rings (SSSR count). The van der Waals surface area contributed by atoms with Crippen LogP contribution in [0.15, 0.2) is 0 Å². The van der Waals surface area contributed by atoms with E-state index in [1.54, 1.807) is 5.54 Å². The van der Waals surface area contributed by atoms with Gasteiger partial charge in [0, 0.05) is 5.54 Å². The number of hydrogen-bond acceptors (Lipinski definition) is 1. The summed E-state index contributed by atoms with van der Waals surface area (Å²) < 4.78 is 12.0. The zero-order valence-electron chi connectivity index (χ0n) is 6.88. The second-order valence-corrected chi connectivity index (χ2v) is 3.97. The lowest BCUT2D eigenvalue weighted by molar-refractivity contribution is 0.0898. The Bertz CT molecular complexity index is 91.6. The molecule has 0 aliphatic carbocycles. The molecule has 0 radical (unpaired) electrons. The first-order valence-electron chi connectivity index (χ1n) is 3.19. The van der Waals surface area contributed by atoms with Crippen LogP contribution in [-0.2, 0) is 0 Å². The van der Waals surface area contributed by atoms with Crippen molar-refractivity contribution >= 4 is 0 Å². The number of halogens is 1. The normalized spacial score (nSPS) is 14.0. The lowest BCUT2D eigenvalue weighted by Gasteiger charge is -2.36. The average molecular weight is 133 g/mol. The fourth-order valence-electron chi connectivity index (χ4n) is 0.142. The van der Waals surface area contributed by atoms with E-state index in [0.29, 0.717) is 0 Å². The molecule has 56 valence electrons. The van der Waals surface area contributed by atoms with E-state index in [1.807, 2.05) is 34.6 Å². The Labute approximate surface area is 56.6 Å². The summed E-state index contributed by atoms with van der Waals surface area (Å²) >= 11 is 0. The average Bonchev–Trinajstić information content (AvgIpc) is 1.64. The second-order valence-electron chi connectivity index (χ2n) is 3.97. The molecule has 0 atom stereocenters. The quantitative estimate of drug-likeness (QED) is 0.541.